The number of rotatable bonds is 2. The monoisotopic (exact) mass is 323 g/mol. The van der Waals surface area contributed by atoms with Crippen molar-refractivity contribution in [1.29, 1.82) is 0 Å². The fraction of sp³-hybridized carbons (Fsp3) is 0.368. The van der Waals surface area contributed by atoms with Gasteiger partial charge in [-0.25, -0.2) is 0 Å². The molecule has 1 amide bonds. The number of phenols is 1. The molecule has 5 heteroatoms. The molecule has 1 aliphatic heterocycles. The molecular formula is C19H21N3O2. The number of hydrogen-bond donors (Lipinski definition) is 2. The van der Waals surface area contributed by atoms with E-state index in [1.807, 2.05) is 23.2 Å². The number of phenolic OH excluding ortho intramolecular Hbond substituents is 1. The number of aryl methyl sites for hydroxylation is 1. The normalized spacial score (nSPS) is 20.4. The molecule has 24 heavy (non-hydrogen) atoms. The Morgan fingerprint density at radius 3 is 2.83 bits per heavy atom. The summed E-state index contributed by atoms with van der Waals surface area (Å²) in [7, 11) is 0. The van der Waals surface area contributed by atoms with Gasteiger partial charge in [-0.3, -0.25) is 9.89 Å². The highest BCUT2D eigenvalue weighted by atomic mass is 16.3. The molecule has 1 atom stereocenters. The van der Waals surface area contributed by atoms with Gasteiger partial charge < -0.3 is 10.0 Å². The molecule has 2 aliphatic rings. The second kappa shape index (κ2) is 6.15. The number of benzene rings is 1. The summed E-state index contributed by atoms with van der Waals surface area (Å²) < 4.78 is 0. The highest BCUT2D eigenvalue weighted by Crippen LogP contribution is 2.33. The van der Waals surface area contributed by atoms with Gasteiger partial charge in [0.25, 0.3) is 0 Å². The first-order valence-corrected chi connectivity index (χ1v) is 8.52. The largest absolute Gasteiger partial charge is 0.508 e. The van der Waals surface area contributed by atoms with Crippen LogP contribution >= 0.6 is 0 Å². The third kappa shape index (κ3) is 2.70. The zero-order chi connectivity index (χ0) is 16.5. The van der Waals surface area contributed by atoms with Gasteiger partial charge in [0.05, 0.1) is 12.1 Å². The van der Waals surface area contributed by atoms with E-state index in [1.165, 1.54) is 5.57 Å². The third-order valence-corrected chi connectivity index (χ3v) is 5.10. The van der Waals surface area contributed by atoms with Crippen LogP contribution in [-0.4, -0.2) is 39.2 Å². The van der Waals surface area contributed by atoms with Crippen LogP contribution in [0.15, 0.2) is 36.5 Å². The van der Waals surface area contributed by atoms with Crippen LogP contribution in [0, 0.1) is 0 Å². The molecule has 1 unspecified atom stereocenters. The first kappa shape index (κ1) is 15.0. The molecule has 0 saturated carbocycles. The van der Waals surface area contributed by atoms with Crippen LogP contribution in [0.25, 0.3) is 5.57 Å². The Morgan fingerprint density at radius 1 is 1.25 bits per heavy atom. The predicted molar refractivity (Wildman–Crippen MR) is 91.5 cm³/mol. The van der Waals surface area contributed by atoms with Gasteiger partial charge in [0.1, 0.15) is 5.75 Å². The SMILES string of the molecule is O=C(C1CCCc2[nH]ncc21)N1CC=C(c2ccc(O)cc2)CC1. The second-order valence-electron chi connectivity index (χ2n) is 6.56. The molecule has 1 aromatic carbocycles. The van der Waals surface area contributed by atoms with E-state index >= 15 is 0 Å². The summed E-state index contributed by atoms with van der Waals surface area (Å²) in [5.41, 5.74) is 4.57. The molecule has 0 fully saturated rings. The van der Waals surface area contributed by atoms with Crippen LogP contribution in [0.3, 0.4) is 0 Å². The number of H-pyrrole nitrogens is 1. The quantitative estimate of drug-likeness (QED) is 0.893. The van der Waals surface area contributed by atoms with Gasteiger partial charge in [-0.05, 0) is 49.0 Å². The van der Waals surface area contributed by atoms with E-state index in [-0.39, 0.29) is 17.6 Å². The van der Waals surface area contributed by atoms with Gasteiger partial charge in [0.15, 0.2) is 0 Å². The Bertz CT molecular complexity index is 776. The lowest BCUT2D eigenvalue weighted by Gasteiger charge is -2.31. The zero-order valence-corrected chi connectivity index (χ0v) is 13.5. The van der Waals surface area contributed by atoms with Gasteiger partial charge in [-0.1, -0.05) is 18.2 Å². The summed E-state index contributed by atoms with van der Waals surface area (Å²) in [6.07, 6.45) is 7.74. The number of aromatic amines is 1. The van der Waals surface area contributed by atoms with Crippen molar-refractivity contribution >= 4 is 11.5 Å². The standard InChI is InChI=1S/C19H21N3O2/c23-15-6-4-13(5-7-15)14-8-10-22(11-9-14)19(24)16-2-1-3-18-17(16)12-20-21-18/h4-8,12,16,23H,1-3,9-11H2,(H,20,21). The van der Waals surface area contributed by atoms with E-state index in [0.29, 0.717) is 6.54 Å². The predicted octanol–water partition coefficient (Wildman–Crippen LogP) is 2.85. The molecule has 0 radical (unpaired) electrons. The van der Waals surface area contributed by atoms with Crippen LogP contribution in [0.4, 0.5) is 0 Å². The van der Waals surface area contributed by atoms with Gasteiger partial charge in [-0.2, -0.15) is 5.10 Å². The fourth-order valence-electron chi connectivity index (χ4n) is 3.75. The second-order valence-corrected chi connectivity index (χ2v) is 6.56. The Kier molecular flexibility index (Phi) is 3.84. The summed E-state index contributed by atoms with van der Waals surface area (Å²) >= 11 is 0. The summed E-state index contributed by atoms with van der Waals surface area (Å²) in [4.78, 5) is 14.9. The number of carbonyl (C=O) groups is 1. The van der Waals surface area contributed by atoms with E-state index in [9.17, 15) is 9.90 Å². The molecular weight excluding hydrogens is 302 g/mol. The van der Waals surface area contributed by atoms with Gasteiger partial charge in [-0.15, -0.1) is 0 Å². The fourth-order valence-corrected chi connectivity index (χ4v) is 3.75. The average Bonchev–Trinajstić information content (AvgIpc) is 3.11. The molecule has 5 nitrogen and oxygen atoms in total. The summed E-state index contributed by atoms with van der Waals surface area (Å²) in [6, 6.07) is 7.27. The van der Waals surface area contributed by atoms with Crippen molar-refractivity contribution in [2.45, 2.75) is 31.6 Å². The summed E-state index contributed by atoms with van der Waals surface area (Å²) in [5.74, 6) is 0.453. The van der Waals surface area contributed by atoms with Gasteiger partial charge in [0, 0.05) is 24.3 Å². The molecule has 0 spiro atoms. The first-order valence-electron chi connectivity index (χ1n) is 8.52. The molecule has 2 heterocycles. The molecule has 0 bridgehead atoms. The summed E-state index contributed by atoms with van der Waals surface area (Å²) in [5, 5.41) is 16.5. The lowest BCUT2D eigenvalue weighted by atomic mass is 9.85. The number of amides is 1. The van der Waals surface area contributed by atoms with Crippen LogP contribution in [-0.2, 0) is 11.2 Å². The zero-order valence-electron chi connectivity index (χ0n) is 13.5. The first-order chi connectivity index (χ1) is 11.7. The Morgan fingerprint density at radius 2 is 2.08 bits per heavy atom. The molecule has 2 N–H and O–H groups in total. The van der Waals surface area contributed by atoms with E-state index < -0.39 is 0 Å². The molecule has 124 valence electrons. The van der Waals surface area contributed by atoms with Crippen LogP contribution in [0.1, 0.15) is 42.0 Å². The lowest BCUT2D eigenvalue weighted by Crippen LogP contribution is -2.38. The Labute approximate surface area is 141 Å². The minimum atomic E-state index is -0.0453. The van der Waals surface area contributed by atoms with Gasteiger partial charge >= 0.3 is 0 Å². The maximum absolute atomic E-state index is 12.9. The molecule has 0 saturated heterocycles. The molecule has 1 aromatic heterocycles. The van der Waals surface area contributed by atoms with Gasteiger partial charge in [0.2, 0.25) is 5.91 Å². The number of carbonyl (C=O) groups excluding carboxylic acids is 1. The number of nitrogens with one attached hydrogen (secondary N) is 1. The van der Waals surface area contributed by atoms with Crippen molar-refractivity contribution in [2.24, 2.45) is 0 Å². The van der Waals surface area contributed by atoms with Crippen LogP contribution < -0.4 is 0 Å². The van der Waals surface area contributed by atoms with E-state index in [2.05, 4.69) is 16.3 Å². The maximum Gasteiger partial charge on any atom is 0.230 e. The highest BCUT2D eigenvalue weighted by Gasteiger charge is 2.31. The van der Waals surface area contributed by atoms with Crippen LogP contribution in [0.2, 0.25) is 0 Å². The van der Waals surface area contributed by atoms with E-state index in [4.69, 9.17) is 0 Å². The van der Waals surface area contributed by atoms with Crippen molar-refractivity contribution in [2.75, 3.05) is 13.1 Å². The Balaban J connectivity index is 1.48. The van der Waals surface area contributed by atoms with Crippen molar-refractivity contribution < 1.29 is 9.90 Å². The third-order valence-electron chi connectivity index (χ3n) is 5.10. The average molecular weight is 323 g/mol. The number of nitrogens with zero attached hydrogens (tertiary/aromatic N) is 2. The maximum atomic E-state index is 12.9. The number of aromatic nitrogens is 2. The van der Waals surface area contributed by atoms with Crippen molar-refractivity contribution in [3.8, 4) is 5.75 Å². The minimum Gasteiger partial charge on any atom is -0.508 e. The molecule has 2 aromatic rings. The van der Waals surface area contributed by atoms with E-state index in [1.54, 1.807) is 12.1 Å². The number of fused-ring (bicyclic) bond motifs is 1. The lowest BCUT2D eigenvalue weighted by molar-refractivity contribution is -0.132. The smallest absolute Gasteiger partial charge is 0.230 e. The molecule has 1 aliphatic carbocycles. The van der Waals surface area contributed by atoms with Crippen molar-refractivity contribution in [3.05, 3.63) is 53.4 Å². The summed E-state index contributed by atoms with van der Waals surface area (Å²) in [6.45, 7) is 1.40. The van der Waals surface area contributed by atoms with E-state index in [0.717, 1.165) is 49.0 Å². The highest BCUT2D eigenvalue weighted by molar-refractivity contribution is 5.85. The number of aromatic hydroxyl groups is 1. The minimum absolute atomic E-state index is 0.0453. The Hall–Kier alpha value is -2.56. The number of hydrogen-bond acceptors (Lipinski definition) is 3. The topological polar surface area (TPSA) is 69.2 Å². The van der Waals surface area contributed by atoms with Crippen LogP contribution in [0.5, 0.6) is 5.75 Å². The van der Waals surface area contributed by atoms with Crippen molar-refractivity contribution in [1.82, 2.24) is 15.1 Å². The molecule has 4 rings (SSSR count). The van der Waals surface area contributed by atoms with Crippen molar-refractivity contribution in [3.63, 3.8) is 0 Å².